The molecule has 0 aromatic heterocycles. The summed E-state index contributed by atoms with van der Waals surface area (Å²) in [7, 11) is 0. The van der Waals surface area contributed by atoms with E-state index in [4.69, 9.17) is 9.47 Å². The van der Waals surface area contributed by atoms with Crippen LogP contribution in [-0.4, -0.2) is 30.0 Å². The van der Waals surface area contributed by atoms with Gasteiger partial charge in [-0.1, -0.05) is 56.3 Å². The first-order chi connectivity index (χ1) is 13.9. The number of rotatable bonds is 10. The number of ether oxygens (including phenoxy) is 2. The molecule has 0 aliphatic rings. The highest BCUT2D eigenvalue weighted by Gasteiger charge is 2.18. The molecule has 1 amide bonds. The van der Waals surface area contributed by atoms with Crippen molar-refractivity contribution in [2.24, 2.45) is 5.92 Å². The lowest BCUT2D eigenvalue weighted by atomic mass is 9.97. The number of amides is 1. The fourth-order valence-electron chi connectivity index (χ4n) is 2.73. The summed E-state index contributed by atoms with van der Waals surface area (Å²) in [6.07, 6.45) is 0.741. The van der Waals surface area contributed by atoms with E-state index in [1.54, 1.807) is 6.07 Å². The number of carbonyl (C=O) groups excluding carboxylic acids is 2. The van der Waals surface area contributed by atoms with E-state index in [2.05, 4.69) is 19.2 Å². The van der Waals surface area contributed by atoms with Gasteiger partial charge in [-0.3, -0.25) is 14.9 Å². The molecule has 2 aromatic rings. The SMILES string of the molecule is CC(C)C[C@H](NC(=O)COC(=O)COc1ccccc1[N+](=O)[O-])c1ccccc1. The lowest BCUT2D eigenvalue weighted by Crippen LogP contribution is -2.33. The molecule has 1 N–H and O–H groups in total. The molecule has 1 atom stereocenters. The molecule has 0 heterocycles. The number of benzene rings is 2. The van der Waals surface area contributed by atoms with Gasteiger partial charge in [-0.05, 0) is 24.0 Å². The Morgan fingerprint density at radius 3 is 2.34 bits per heavy atom. The highest BCUT2D eigenvalue weighted by molar-refractivity contribution is 5.81. The Morgan fingerprint density at radius 1 is 1.03 bits per heavy atom. The van der Waals surface area contributed by atoms with Crippen molar-refractivity contribution in [3.8, 4) is 5.75 Å². The number of nitrogens with zero attached hydrogens (tertiary/aromatic N) is 1. The zero-order valence-electron chi connectivity index (χ0n) is 16.4. The Bertz CT molecular complexity index is 838. The second kappa shape index (κ2) is 10.8. The lowest BCUT2D eigenvalue weighted by Gasteiger charge is -2.21. The van der Waals surface area contributed by atoms with E-state index >= 15 is 0 Å². The molecular weight excluding hydrogens is 376 g/mol. The van der Waals surface area contributed by atoms with Gasteiger partial charge in [-0.2, -0.15) is 0 Å². The monoisotopic (exact) mass is 400 g/mol. The molecule has 0 saturated heterocycles. The summed E-state index contributed by atoms with van der Waals surface area (Å²) >= 11 is 0. The van der Waals surface area contributed by atoms with Crippen molar-refractivity contribution in [2.75, 3.05) is 13.2 Å². The highest BCUT2D eigenvalue weighted by atomic mass is 16.6. The van der Waals surface area contributed by atoms with E-state index in [-0.39, 0.29) is 17.5 Å². The number of hydrogen-bond donors (Lipinski definition) is 1. The van der Waals surface area contributed by atoms with Gasteiger partial charge in [0.15, 0.2) is 19.0 Å². The van der Waals surface area contributed by atoms with Gasteiger partial charge >= 0.3 is 11.7 Å². The summed E-state index contributed by atoms with van der Waals surface area (Å²) in [5.41, 5.74) is 0.720. The number of para-hydroxylation sites is 2. The summed E-state index contributed by atoms with van der Waals surface area (Å²) < 4.78 is 10.1. The van der Waals surface area contributed by atoms with Crippen LogP contribution in [0.25, 0.3) is 0 Å². The maximum Gasteiger partial charge on any atom is 0.344 e. The van der Waals surface area contributed by atoms with Gasteiger partial charge < -0.3 is 14.8 Å². The molecule has 0 aliphatic heterocycles. The minimum absolute atomic E-state index is 0.0417. The van der Waals surface area contributed by atoms with Crippen LogP contribution >= 0.6 is 0 Å². The van der Waals surface area contributed by atoms with Crippen LogP contribution in [0.15, 0.2) is 54.6 Å². The largest absolute Gasteiger partial charge is 0.475 e. The first-order valence-electron chi connectivity index (χ1n) is 9.23. The standard InChI is InChI=1S/C21H24N2O6/c1-15(2)12-17(16-8-4-3-5-9-16)22-20(24)13-29-21(25)14-28-19-11-7-6-10-18(19)23(26)27/h3-11,15,17H,12-14H2,1-2H3,(H,22,24)/t17-/m0/s1. The Morgan fingerprint density at radius 2 is 1.69 bits per heavy atom. The van der Waals surface area contributed by atoms with Crippen LogP contribution in [0.3, 0.4) is 0 Å². The Labute approximate surface area is 169 Å². The quantitative estimate of drug-likeness (QED) is 0.372. The predicted octanol–water partition coefficient (Wildman–Crippen LogP) is 3.42. The Hall–Kier alpha value is -3.42. The maximum absolute atomic E-state index is 12.2. The highest BCUT2D eigenvalue weighted by Crippen LogP contribution is 2.25. The van der Waals surface area contributed by atoms with E-state index in [0.717, 1.165) is 12.0 Å². The lowest BCUT2D eigenvalue weighted by molar-refractivity contribution is -0.385. The molecule has 29 heavy (non-hydrogen) atoms. The number of esters is 1. The number of hydrogen-bond acceptors (Lipinski definition) is 6. The van der Waals surface area contributed by atoms with Crippen LogP contribution in [0, 0.1) is 16.0 Å². The molecule has 8 heteroatoms. The molecule has 0 aliphatic carbocycles. The average Bonchev–Trinajstić information content (AvgIpc) is 2.70. The maximum atomic E-state index is 12.2. The summed E-state index contributed by atoms with van der Waals surface area (Å²) in [6.45, 7) is 3.12. The second-order valence-corrected chi connectivity index (χ2v) is 6.83. The van der Waals surface area contributed by atoms with Crippen molar-refractivity contribution < 1.29 is 24.0 Å². The van der Waals surface area contributed by atoms with E-state index in [0.29, 0.717) is 5.92 Å². The normalized spacial score (nSPS) is 11.6. The molecule has 2 rings (SSSR count). The summed E-state index contributed by atoms with van der Waals surface area (Å²) in [5.74, 6) is -0.907. The Balaban J connectivity index is 1.84. The van der Waals surface area contributed by atoms with E-state index in [1.165, 1.54) is 18.2 Å². The van der Waals surface area contributed by atoms with Crippen LogP contribution < -0.4 is 10.1 Å². The van der Waals surface area contributed by atoms with Crippen LogP contribution in [0.5, 0.6) is 5.75 Å². The average molecular weight is 400 g/mol. The van der Waals surface area contributed by atoms with Gasteiger partial charge in [0, 0.05) is 6.07 Å². The molecular formula is C21H24N2O6. The molecule has 2 aromatic carbocycles. The molecule has 8 nitrogen and oxygen atoms in total. The third-order valence-corrected chi connectivity index (χ3v) is 4.02. The van der Waals surface area contributed by atoms with Crippen LogP contribution in [0.4, 0.5) is 5.69 Å². The zero-order valence-corrected chi connectivity index (χ0v) is 16.4. The van der Waals surface area contributed by atoms with E-state index < -0.39 is 30.0 Å². The van der Waals surface area contributed by atoms with Crippen molar-refractivity contribution in [1.82, 2.24) is 5.32 Å². The smallest absolute Gasteiger partial charge is 0.344 e. The summed E-state index contributed by atoms with van der Waals surface area (Å²) in [4.78, 5) is 34.4. The number of carbonyl (C=O) groups is 2. The van der Waals surface area contributed by atoms with Crippen LogP contribution in [-0.2, 0) is 14.3 Å². The third-order valence-electron chi connectivity index (χ3n) is 4.02. The molecule has 0 saturated carbocycles. The first kappa shape index (κ1) is 21.9. The van der Waals surface area contributed by atoms with Crippen LogP contribution in [0.1, 0.15) is 31.9 Å². The summed E-state index contributed by atoms with van der Waals surface area (Å²) in [5, 5.41) is 13.8. The number of nitro benzene ring substituents is 1. The number of nitro groups is 1. The fraction of sp³-hybridized carbons (Fsp3) is 0.333. The van der Waals surface area contributed by atoms with Gasteiger partial charge in [0.2, 0.25) is 0 Å². The Kier molecular flexibility index (Phi) is 8.14. The number of nitrogens with one attached hydrogen (secondary N) is 1. The molecule has 154 valence electrons. The van der Waals surface area contributed by atoms with Crippen molar-refractivity contribution in [2.45, 2.75) is 26.3 Å². The van der Waals surface area contributed by atoms with Crippen molar-refractivity contribution >= 4 is 17.6 Å². The fourth-order valence-corrected chi connectivity index (χ4v) is 2.73. The van der Waals surface area contributed by atoms with Crippen molar-refractivity contribution in [3.63, 3.8) is 0 Å². The minimum atomic E-state index is -0.793. The third kappa shape index (κ3) is 7.25. The van der Waals surface area contributed by atoms with Gasteiger partial charge in [-0.25, -0.2) is 4.79 Å². The van der Waals surface area contributed by atoms with Crippen molar-refractivity contribution in [3.05, 3.63) is 70.3 Å². The summed E-state index contributed by atoms with van der Waals surface area (Å²) in [6, 6.07) is 15.1. The van der Waals surface area contributed by atoms with Gasteiger partial charge in [0.1, 0.15) is 0 Å². The first-order valence-corrected chi connectivity index (χ1v) is 9.23. The van der Waals surface area contributed by atoms with E-state index in [1.807, 2.05) is 30.3 Å². The topological polar surface area (TPSA) is 108 Å². The minimum Gasteiger partial charge on any atom is -0.475 e. The molecule has 0 unspecified atom stereocenters. The molecule has 0 bridgehead atoms. The second-order valence-electron chi connectivity index (χ2n) is 6.83. The van der Waals surface area contributed by atoms with Crippen molar-refractivity contribution in [1.29, 1.82) is 0 Å². The van der Waals surface area contributed by atoms with Crippen LogP contribution in [0.2, 0.25) is 0 Å². The van der Waals surface area contributed by atoms with Gasteiger partial charge in [0.05, 0.1) is 11.0 Å². The van der Waals surface area contributed by atoms with E-state index in [9.17, 15) is 19.7 Å². The van der Waals surface area contributed by atoms with Gasteiger partial charge in [-0.15, -0.1) is 0 Å². The predicted molar refractivity (Wildman–Crippen MR) is 106 cm³/mol. The molecule has 0 spiro atoms. The van der Waals surface area contributed by atoms with Gasteiger partial charge in [0.25, 0.3) is 5.91 Å². The molecule has 0 fully saturated rings. The molecule has 0 radical (unpaired) electrons. The zero-order chi connectivity index (χ0) is 21.2.